The molecule has 3 aliphatic rings. The van der Waals surface area contributed by atoms with Crippen LogP contribution in [-0.4, -0.2) is 49.8 Å². The van der Waals surface area contributed by atoms with E-state index in [0.29, 0.717) is 10.8 Å². The van der Waals surface area contributed by atoms with E-state index in [1.807, 2.05) is 22.5 Å². The lowest BCUT2D eigenvalue weighted by molar-refractivity contribution is 0.278. The van der Waals surface area contributed by atoms with Crippen molar-refractivity contribution in [2.75, 3.05) is 20.1 Å². The first-order valence-corrected chi connectivity index (χ1v) is 10.6. The number of sulfonamides is 1. The largest absolute Gasteiger partial charge is 0.306 e. The zero-order valence-corrected chi connectivity index (χ0v) is 15.7. The van der Waals surface area contributed by atoms with Crippen molar-refractivity contribution in [1.29, 1.82) is 0 Å². The van der Waals surface area contributed by atoms with Gasteiger partial charge < -0.3 is 4.90 Å². The number of rotatable bonds is 2. The van der Waals surface area contributed by atoms with Crippen LogP contribution >= 0.6 is 0 Å². The molecule has 1 aliphatic carbocycles. The number of fused-ring (bicyclic) bond motifs is 3. The normalized spacial score (nSPS) is 30.9. The Hall–Kier alpha value is -1.43. The lowest BCUT2D eigenvalue weighted by Crippen LogP contribution is -2.42. The van der Waals surface area contributed by atoms with Gasteiger partial charge in [0, 0.05) is 18.5 Å². The number of hydrogen-bond donors (Lipinski definition) is 0. The van der Waals surface area contributed by atoms with Crippen molar-refractivity contribution in [3.05, 3.63) is 53.6 Å². The molecule has 134 valence electrons. The van der Waals surface area contributed by atoms with Gasteiger partial charge in [-0.2, -0.15) is 4.31 Å². The minimum atomic E-state index is -3.49. The summed E-state index contributed by atoms with van der Waals surface area (Å²) < 4.78 is 28.8. The maximum atomic E-state index is 13.5. The summed E-state index contributed by atoms with van der Waals surface area (Å²) in [5.74, 6) is 0.305. The maximum absolute atomic E-state index is 13.5. The van der Waals surface area contributed by atoms with Crippen LogP contribution in [0.15, 0.2) is 58.5 Å². The van der Waals surface area contributed by atoms with E-state index in [1.54, 1.807) is 12.1 Å². The minimum absolute atomic E-state index is 0.0181. The first kappa shape index (κ1) is 17.0. The van der Waals surface area contributed by atoms with Crippen molar-refractivity contribution in [2.24, 2.45) is 5.92 Å². The maximum Gasteiger partial charge on any atom is 0.243 e. The summed E-state index contributed by atoms with van der Waals surface area (Å²) in [7, 11) is -1.34. The molecule has 0 aromatic heterocycles. The van der Waals surface area contributed by atoms with Crippen LogP contribution in [0.5, 0.6) is 0 Å². The molecule has 3 atom stereocenters. The third-order valence-electron chi connectivity index (χ3n) is 5.84. The number of likely N-dealkylation sites (tertiary alicyclic amines) is 1. The lowest BCUT2D eigenvalue weighted by atomic mass is 9.87. The van der Waals surface area contributed by atoms with Gasteiger partial charge in [-0.3, -0.25) is 0 Å². The molecule has 1 aromatic rings. The highest BCUT2D eigenvalue weighted by atomic mass is 32.2. The van der Waals surface area contributed by atoms with E-state index in [4.69, 9.17) is 0 Å². The average molecular weight is 359 g/mol. The second-order valence-electron chi connectivity index (χ2n) is 7.57. The van der Waals surface area contributed by atoms with Crippen LogP contribution < -0.4 is 0 Å². The Morgan fingerprint density at radius 3 is 2.68 bits per heavy atom. The topological polar surface area (TPSA) is 40.6 Å². The van der Waals surface area contributed by atoms with E-state index in [9.17, 15) is 8.42 Å². The summed E-state index contributed by atoms with van der Waals surface area (Å²) in [6.45, 7) is 4.10. The van der Waals surface area contributed by atoms with E-state index in [2.05, 4.69) is 31.0 Å². The number of benzene rings is 1. The molecule has 4 rings (SSSR count). The molecule has 25 heavy (non-hydrogen) atoms. The Kier molecular flexibility index (Phi) is 4.34. The molecule has 0 N–H and O–H groups in total. The van der Waals surface area contributed by atoms with Crippen LogP contribution in [0.2, 0.25) is 0 Å². The van der Waals surface area contributed by atoms with Gasteiger partial charge in [-0.1, -0.05) is 35.9 Å². The van der Waals surface area contributed by atoms with Gasteiger partial charge in [0.05, 0.1) is 10.9 Å². The van der Waals surface area contributed by atoms with Crippen molar-refractivity contribution >= 4 is 10.0 Å². The van der Waals surface area contributed by atoms with Crippen LogP contribution in [0, 0.1) is 5.92 Å². The van der Waals surface area contributed by atoms with Crippen molar-refractivity contribution in [1.82, 2.24) is 9.21 Å². The van der Waals surface area contributed by atoms with E-state index in [0.717, 1.165) is 32.4 Å². The van der Waals surface area contributed by atoms with Crippen molar-refractivity contribution in [2.45, 2.75) is 43.2 Å². The average Bonchev–Trinajstić information content (AvgIpc) is 2.76. The first-order valence-electron chi connectivity index (χ1n) is 9.14. The van der Waals surface area contributed by atoms with Crippen molar-refractivity contribution in [3.8, 4) is 0 Å². The van der Waals surface area contributed by atoms with Gasteiger partial charge >= 0.3 is 0 Å². The fraction of sp³-hybridized carbons (Fsp3) is 0.500. The van der Waals surface area contributed by atoms with Crippen LogP contribution in [0.1, 0.15) is 26.2 Å². The van der Waals surface area contributed by atoms with Gasteiger partial charge in [0.1, 0.15) is 0 Å². The predicted octanol–water partition coefficient (Wildman–Crippen LogP) is 3.05. The number of hydrogen-bond acceptors (Lipinski definition) is 3. The summed E-state index contributed by atoms with van der Waals surface area (Å²) in [6, 6.07) is 8.98. The highest BCUT2D eigenvalue weighted by molar-refractivity contribution is 7.89. The molecule has 1 unspecified atom stereocenters. The Morgan fingerprint density at radius 1 is 1.16 bits per heavy atom. The predicted molar refractivity (Wildman–Crippen MR) is 99.7 cm³/mol. The number of nitrogens with zero attached hydrogens (tertiary/aromatic N) is 2. The van der Waals surface area contributed by atoms with E-state index in [1.165, 1.54) is 11.1 Å². The van der Waals surface area contributed by atoms with Crippen LogP contribution in [0.3, 0.4) is 0 Å². The molecular weight excluding hydrogens is 332 g/mol. The molecule has 2 fully saturated rings. The van der Waals surface area contributed by atoms with Crippen LogP contribution in [0.4, 0.5) is 0 Å². The van der Waals surface area contributed by atoms with Gasteiger partial charge in [-0.25, -0.2) is 8.42 Å². The summed E-state index contributed by atoms with van der Waals surface area (Å²) in [5, 5.41) is 0. The smallest absolute Gasteiger partial charge is 0.243 e. The first-order chi connectivity index (χ1) is 12.0. The summed E-state index contributed by atoms with van der Waals surface area (Å²) in [5.41, 5.74) is 2.58. The SMILES string of the molecule is CC1=CCC2C(=C1)[C@H]1CN(C)CCC[C@@H]1N2S(=O)(=O)c1ccccc1. The Morgan fingerprint density at radius 2 is 1.92 bits per heavy atom. The highest BCUT2D eigenvalue weighted by Crippen LogP contribution is 2.45. The monoisotopic (exact) mass is 358 g/mol. The molecule has 4 nitrogen and oxygen atoms in total. The van der Waals surface area contributed by atoms with E-state index in [-0.39, 0.29) is 12.1 Å². The minimum Gasteiger partial charge on any atom is -0.306 e. The fourth-order valence-electron chi connectivity index (χ4n) is 4.70. The van der Waals surface area contributed by atoms with Gasteiger partial charge in [-0.15, -0.1) is 0 Å². The molecule has 5 heteroatoms. The zero-order chi connectivity index (χ0) is 17.6. The highest BCUT2D eigenvalue weighted by Gasteiger charge is 2.51. The number of allylic oxidation sites excluding steroid dienone is 2. The third-order valence-corrected chi connectivity index (χ3v) is 7.78. The zero-order valence-electron chi connectivity index (χ0n) is 14.9. The van der Waals surface area contributed by atoms with E-state index < -0.39 is 10.0 Å². The molecule has 0 radical (unpaired) electrons. The Balaban J connectivity index is 1.80. The van der Waals surface area contributed by atoms with Gasteiger partial charge in [0.2, 0.25) is 10.0 Å². The second kappa shape index (κ2) is 6.38. The third kappa shape index (κ3) is 2.88. The summed E-state index contributed by atoms with van der Waals surface area (Å²) in [6.07, 6.45) is 7.20. The molecule has 1 aromatic carbocycles. The van der Waals surface area contributed by atoms with Crippen molar-refractivity contribution < 1.29 is 8.42 Å². The molecule has 0 bridgehead atoms. The Bertz CT molecular complexity index is 813. The second-order valence-corrected chi connectivity index (χ2v) is 9.41. The quantitative estimate of drug-likeness (QED) is 0.816. The molecule has 0 amide bonds. The molecule has 0 saturated carbocycles. The van der Waals surface area contributed by atoms with E-state index >= 15 is 0 Å². The molecule has 2 saturated heterocycles. The fourth-order valence-corrected chi connectivity index (χ4v) is 6.60. The standard InChI is InChI=1S/C20H26N2O2S/c1-15-10-11-20-17(13-15)18-14-21(2)12-6-9-19(18)22(20)25(23,24)16-7-4-3-5-8-16/h3-5,7-8,10,13,18-20H,6,9,11-12,14H2,1-2H3/t18-,19+,20?/m1/s1. The van der Waals surface area contributed by atoms with Gasteiger partial charge in [0.15, 0.2) is 0 Å². The molecule has 2 aliphatic heterocycles. The molecular formula is C20H26N2O2S. The molecule has 0 spiro atoms. The van der Waals surface area contributed by atoms with Crippen LogP contribution in [0.25, 0.3) is 0 Å². The van der Waals surface area contributed by atoms with Gasteiger partial charge in [-0.05, 0) is 57.5 Å². The Labute approximate surface area is 150 Å². The lowest BCUT2D eigenvalue weighted by Gasteiger charge is -2.30. The summed E-state index contributed by atoms with van der Waals surface area (Å²) in [4.78, 5) is 2.77. The van der Waals surface area contributed by atoms with Crippen molar-refractivity contribution in [3.63, 3.8) is 0 Å². The van der Waals surface area contributed by atoms with Gasteiger partial charge in [0.25, 0.3) is 0 Å². The molecule has 2 heterocycles. The summed E-state index contributed by atoms with van der Waals surface area (Å²) >= 11 is 0. The van der Waals surface area contributed by atoms with Crippen LogP contribution in [-0.2, 0) is 10.0 Å².